The second kappa shape index (κ2) is 6.85. The molecule has 0 aromatic heterocycles. The Hall–Kier alpha value is -3.38. The molecule has 0 N–H and O–H groups in total. The number of hydrogen-bond acceptors (Lipinski definition) is 0. The van der Waals surface area contributed by atoms with Gasteiger partial charge < -0.3 is 0 Å². The van der Waals surface area contributed by atoms with Crippen LogP contribution in [0.1, 0.15) is 11.1 Å². The number of hydrogen-bond donors (Lipinski definition) is 0. The van der Waals surface area contributed by atoms with E-state index in [9.17, 15) is 0 Å². The maximum atomic E-state index is 3.84. The lowest BCUT2D eigenvalue weighted by atomic mass is 9.91. The van der Waals surface area contributed by atoms with E-state index in [1.165, 1.54) is 33.0 Å². The lowest BCUT2D eigenvalue weighted by molar-refractivity contribution is 1.60. The maximum absolute atomic E-state index is 3.84. The summed E-state index contributed by atoms with van der Waals surface area (Å²) in [5.74, 6) is 0. The van der Waals surface area contributed by atoms with Gasteiger partial charge in [-0.1, -0.05) is 110 Å². The van der Waals surface area contributed by atoms with Gasteiger partial charge in [-0.3, -0.25) is 0 Å². The summed E-state index contributed by atoms with van der Waals surface area (Å²) in [6, 6.07) is 30.2. The van der Waals surface area contributed by atoms with Crippen molar-refractivity contribution in [3.63, 3.8) is 0 Å². The van der Waals surface area contributed by atoms with Crippen molar-refractivity contribution in [2.45, 2.75) is 0 Å². The Kier molecular flexibility index (Phi) is 4.25. The topological polar surface area (TPSA) is 0 Å². The quantitative estimate of drug-likeness (QED) is 0.364. The zero-order valence-electron chi connectivity index (χ0n) is 14.7. The van der Waals surface area contributed by atoms with Gasteiger partial charge >= 0.3 is 0 Å². The van der Waals surface area contributed by atoms with E-state index in [-0.39, 0.29) is 0 Å². The summed E-state index contributed by atoms with van der Waals surface area (Å²) >= 11 is 0. The summed E-state index contributed by atoms with van der Waals surface area (Å²) in [6.07, 6.45) is 3.75. The molecule has 0 aliphatic heterocycles. The average Bonchev–Trinajstić information content (AvgIpc) is 2.73. The van der Waals surface area contributed by atoms with Crippen molar-refractivity contribution in [3.05, 3.63) is 109 Å². The molecule has 4 aromatic carbocycles. The van der Waals surface area contributed by atoms with E-state index in [0.29, 0.717) is 0 Å². The molecule has 0 saturated carbocycles. The minimum Gasteiger partial charge on any atom is -0.0985 e. The molecule has 124 valence electrons. The lowest BCUT2D eigenvalue weighted by Gasteiger charge is -2.13. The highest BCUT2D eigenvalue weighted by Crippen LogP contribution is 2.36. The Morgan fingerprint density at radius 1 is 0.500 bits per heavy atom. The van der Waals surface area contributed by atoms with E-state index in [2.05, 4.69) is 98.1 Å². The number of rotatable bonds is 4. The van der Waals surface area contributed by atoms with E-state index in [1.807, 2.05) is 12.2 Å². The molecule has 0 heterocycles. The first-order chi connectivity index (χ1) is 12.8. The SMILES string of the molecule is C=Cc1ccc(-c2cccc3cccc(-c4ccc(C=C)cc4)c23)cc1. The van der Waals surface area contributed by atoms with Gasteiger partial charge in [0.05, 0.1) is 0 Å². The monoisotopic (exact) mass is 332 g/mol. The molecule has 0 atom stereocenters. The molecule has 0 fully saturated rings. The molecular weight excluding hydrogens is 312 g/mol. The van der Waals surface area contributed by atoms with Gasteiger partial charge in [-0.05, 0) is 44.2 Å². The van der Waals surface area contributed by atoms with E-state index in [0.717, 1.165) is 11.1 Å². The highest BCUT2D eigenvalue weighted by Gasteiger charge is 2.10. The largest absolute Gasteiger partial charge is 0.0985 e. The van der Waals surface area contributed by atoms with Gasteiger partial charge in [0.25, 0.3) is 0 Å². The second-order valence-electron chi connectivity index (χ2n) is 6.36. The van der Waals surface area contributed by atoms with Gasteiger partial charge in [0.1, 0.15) is 0 Å². The summed E-state index contributed by atoms with van der Waals surface area (Å²) in [7, 11) is 0. The van der Waals surface area contributed by atoms with Crippen LogP contribution < -0.4 is 0 Å². The van der Waals surface area contributed by atoms with Crippen LogP contribution in [0.4, 0.5) is 0 Å². The van der Waals surface area contributed by atoms with Gasteiger partial charge in [-0.25, -0.2) is 0 Å². The minimum absolute atomic E-state index is 1.13. The van der Waals surface area contributed by atoms with Gasteiger partial charge in [0, 0.05) is 0 Å². The molecule has 0 radical (unpaired) electrons. The average molecular weight is 332 g/mol. The third-order valence-electron chi connectivity index (χ3n) is 4.82. The van der Waals surface area contributed by atoms with Crippen molar-refractivity contribution in [2.24, 2.45) is 0 Å². The van der Waals surface area contributed by atoms with Crippen LogP contribution in [-0.4, -0.2) is 0 Å². The third kappa shape index (κ3) is 2.87. The normalized spacial score (nSPS) is 10.6. The van der Waals surface area contributed by atoms with Crippen molar-refractivity contribution in [1.82, 2.24) is 0 Å². The van der Waals surface area contributed by atoms with E-state index in [4.69, 9.17) is 0 Å². The van der Waals surface area contributed by atoms with Crippen LogP contribution in [-0.2, 0) is 0 Å². The molecular formula is C26H20. The fraction of sp³-hybridized carbons (Fsp3) is 0. The van der Waals surface area contributed by atoms with Crippen molar-refractivity contribution in [2.75, 3.05) is 0 Å². The van der Waals surface area contributed by atoms with Crippen LogP contribution in [0.15, 0.2) is 98.1 Å². The van der Waals surface area contributed by atoms with Crippen LogP contribution in [0.5, 0.6) is 0 Å². The Balaban J connectivity index is 1.96. The summed E-state index contributed by atoms with van der Waals surface area (Å²) in [5, 5.41) is 2.54. The molecule has 0 heteroatoms. The standard InChI is InChI=1S/C26H20/c1-3-19-11-15-21(16-12-19)24-9-5-7-23-8-6-10-25(26(23)24)22-17-13-20(4-2)14-18-22/h3-18H,1-2H2. The first kappa shape index (κ1) is 16.1. The zero-order valence-corrected chi connectivity index (χ0v) is 14.7. The summed E-state index contributed by atoms with van der Waals surface area (Å²) in [4.78, 5) is 0. The maximum Gasteiger partial charge on any atom is -0.00268 e. The van der Waals surface area contributed by atoms with Crippen LogP contribution in [0.25, 0.3) is 45.2 Å². The van der Waals surface area contributed by atoms with Gasteiger partial charge in [0.2, 0.25) is 0 Å². The molecule has 0 spiro atoms. The van der Waals surface area contributed by atoms with Crippen molar-refractivity contribution >= 4 is 22.9 Å². The first-order valence-corrected chi connectivity index (χ1v) is 8.77. The Morgan fingerprint density at radius 3 is 1.31 bits per heavy atom. The van der Waals surface area contributed by atoms with Gasteiger partial charge in [-0.15, -0.1) is 0 Å². The van der Waals surface area contributed by atoms with E-state index in [1.54, 1.807) is 0 Å². The highest BCUT2D eigenvalue weighted by molar-refractivity contribution is 6.06. The predicted molar refractivity (Wildman–Crippen MR) is 115 cm³/mol. The molecule has 0 aliphatic carbocycles. The van der Waals surface area contributed by atoms with Crippen LogP contribution >= 0.6 is 0 Å². The van der Waals surface area contributed by atoms with E-state index < -0.39 is 0 Å². The summed E-state index contributed by atoms with van der Waals surface area (Å²) < 4.78 is 0. The van der Waals surface area contributed by atoms with Crippen molar-refractivity contribution < 1.29 is 0 Å². The van der Waals surface area contributed by atoms with E-state index >= 15 is 0 Å². The van der Waals surface area contributed by atoms with Crippen molar-refractivity contribution in [1.29, 1.82) is 0 Å². The van der Waals surface area contributed by atoms with Crippen LogP contribution in [0, 0.1) is 0 Å². The summed E-state index contributed by atoms with van der Waals surface area (Å²) in [5.41, 5.74) is 7.21. The molecule has 4 rings (SSSR count). The fourth-order valence-electron chi connectivity index (χ4n) is 3.42. The molecule has 26 heavy (non-hydrogen) atoms. The predicted octanol–water partition coefficient (Wildman–Crippen LogP) is 7.46. The Labute approximate surface area is 154 Å². The van der Waals surface area contributed by atoms with Gasteiger partial charge in [-0.2, -0.15) is 0 Å². The Morgan fingerprint density at radius 2 is 0.923 bits per heavy atom. The third-order valence-corrected chi connectivity index (χ3v) is 4.82. The number of benzene rings is 4. The van der Waals surface area contributed by atoms with Gasteiger partial charge in [0.15, 0.2) is 0 Å². The number of fused-ring (bicyclic) bond motifs is 1. The smallest absolute Gasteiger partial charge is 0.00268 e. The molecule has 0 aliphatic rings. The van der Waals surface area contributed by atoms with Crippen molar-refractivity contribution in [3.8, 4) is 22.3 Å². The second-order valence-corrected chi connectivity index (χ2v) is 6.36. The minimum atomic E-state index is 1.13. The highest BCUT2D eigenvalue weighted by atomic mass is 14.1. The summed E-state index contributed by atoms with van der Waals surface area (Å²) in [6.45, 7) is 7.69. The molecule has 4 aromatic rings. The Bertz CT molecular complexity index is 995. The molecule has 0 bridgehead atoms. The zero-order chi connectivity index (χ0) is 17.9. The lowest BCUT2D eigenvalue weighted by Crippen LogP contribution is -1.87. The van der Waals surface area contributed by atoms with Crippen LogP contribution in [0.3, 0.4) is 0 Å². The molecule has 0 nitrogen and oxygen atoms in total. The molecule has 0 amide bonds. The van der Waals surface area contributed by atoms with Crippen LogP contribution in [0.2, 0.25) is 0 Å². The molecule has 0 saturated heterocycles. The first-order valence-electron chi connectivity index (χ1n) is 8.77. The molecule has 0 unspecified atom stereocenters. The fourth-order valence-corrected chi connectivity index (χ4v) is 3.42.